The summed E-state index contributed by atoms with van der Waals surface area (Å²) in [6, 6.07) is 13.6. The van der Waals surface area contributed by atoms with Crippen molar-refractivity contribution in [1.82, 2.24) is 5.32 Å². The Morgan fingerprint density at radius 3 is 2.54 bits per heavy atom. The molecule has 0 fully saturated rings. The van der Waals surface area contributed by atoms with Gasteiger partial charge in [-0.3, -0.25) is 9.59 Å². The first-order valence-corrected chi connectivity index (χ1v) is 7.75. The molecule has 0 aliphatic rings. The maximum absolute atomic E-state index is 12.3. The van der Waals surface area contributed by atoms with Crippen molar-refractivity contribution in [1.29, 1.82) is 0 Å². The van der Waals surface area contributed by atoms with Crippen molar-refractivity contribution in [3.63, 3.8) is 0 Å². The zero-order valence-corrected chi connectivity index (χ0v) is 13.9. The van der Waals surface area contributed by atoms with Crippen molar-refractivity contribution in [3.8, 4) is 12.3 Å². The molecule has 2 amide bonds. The van der Waals surface area contributed by atoms with Gasteiger partial charge in [-0.05, 0) is 35.9 Å². The third kappa shape index (κ3) is 5.15. The fourth-order valence-corrected chi connectivity index (χ4v) is 2.40. The van der Waals surface area contributed by atoms with Gasteiger partial charge in [-0.25, -0.2) is 0 Å². The molecule has 1 unspecified atom stereocenters. The molecule has 0 radical (unpaired) electrons. The summed E-state index contributed by atoms with van der Waals surface area (Å²) in [7, 11) is 0. The summed E-state index contributed by atoms with van der Waals surface area (Å²) < 4.78 is 0. The smallest absolute Gasteiger partial charge is 0.226 e. The minimum absolute atomic E-state index is 0.0987. The van der Waals surface area contributed by atoms with Gasteiger partial charge in [0.1, 0.15) is 0 Å². The molecule has 2 rings (SSSR count). The highest BCUT2D eigenvalue weighted by Gasteiger charge is 2.17. The maximum Gasteiger partial charge on any atom is 0.226 e. The van der Waals surface area contributed by atoms with E-state index in [4.69, 9.17) is 18.0 Å². The Bertz CT molecular complexity index is 779. The van der Waals surface area contributed by atoms with Gasteiger partial charge in [0.15, 0.2) is 0 Å². The lowest BCUT2D eigenvalue weighted by molar-refractivity contribution is -0.120. The molecule has 0 bridgehead atoms. The molecule has 2 aromatic carbocycles. The monoisotopic (exact) mass is 340 g/mol. The summed E-state index contributed by atoms with van der Waals surface area (Å²) >= 11 is 5.88. The topological polar surface area (TPSA) is 58.2 Å². The summed E-state index contributed by atoms with van der Waals surface area (Å²) in [5.74, 6) is 2.08. The number of benzene rings is 2. The van der Waals surface area contributed by atoms with Crippen molar-refractivity contribution in [2.24, 2.45) is 0 Å². The number of terminal acetylenes is 1. The SMILES string of the molecule is C#Cc1cccc(NC(=O)CC(NC(C)=O)c2ccc(Cl)cc2)c1. The maximum atomic E-state index is 12.3. The number of hydrogen-bond acceptors (Lipinski definition) is 2. The molecule has 5 heteroatoms. The Balaban J connectivity index is 2.10. The summed E-state index contributed by atoms with van der Waals surface area (Å²) in [6.07, 6.45) is 5.45. The highest BCUT2D eigenvalue weighted by molar-refractivity contribution is 6.30. The highest BCUT2D eigenvalue weighted by Crippen LogP contribution is 2.20. The molecule has 0 aliphatic heterocycles. The van der Waals surface area contributed by atoms with Crippen LogP contribution in [0.1, 0.15) is 30.5 Å². The largest absolute Gasteiger partial charge is 0.349 e. The fraction of sp³-hybridized carbons (Fsp3) is 0.158. The van der Waals surface area contributed by atoms with Crippen LogP contribution in [0.2, 0.25) is 5.02 Å². The molecule has 2 aromatic rings. The van der Waals surface area contributed by atoms with Crippen molar-refractivity contribution >= 4 is 29.1 Å². The summed E-state index contributed by atoms with van der Waals surface area (Å²) in [4.78, 5) is 23.7. The van der Waals surface area contributed by atoms with Crippen LogP contribution in [0.3, 0.4) is 0 Å². The number of carbonyl (C=O) groups is 2. The van der Waals surface area contributed by atoms with Crippen molar-refractivity contribution < 1.29 is 9.59 Å². The molecule has 0 saturated carbocycles. The Hall–Kier alpha value is -2.77. The average Bonchev–Trinajstić information content (AvgIpc) is 2.54. The number of halogens is 1. The molecule has 0 aromatic heterocycles. The van der Waals surface area contributed by atoms with Gasteiger partial charge in [-0.2, -0.15) is 0 Å². The third-order valence-corrected chi connectivity index (χ3v) is 3.60. The first-order valence-electron chi connectivity index (χ1n) is 7.37. The lowest BCUT2D eigenvalue weighted by Gasteiger charge is -2.18. The van der Waals surface area contributed by atoms with Crippen LogP contribution in [0.4, 0.5) is 5.69 Å². The molecule has 0 saturated heterocycles. The Morgan fingerprint density at radius 1 is 1.21 bits per heavy atom. The third-order valence-electron chi connectivity index (χ3n) is 3.35. The van der Waals surface area contributed by atoms with Crippen LogP contribution in [0, 0.1) is 12.3 Å². The van der Waals surface area contributed by atoms with E-state index in [2.05, 4.69) is 16.6 Å². The van der Waals surface area contributed by atoms with Crippen LogP contribution in [-0.4, -0.2) is 11.8 Å². The van der Waals surface area contributed by atoms with Gasteiger partial charge in [-0.15, -0.1) is 6.42 Å². The van der Waals surface area contributed by atoms with E-state index in [1.807, 2.05) is 0 Å². The van der Waals surface area contributed by atoms with Gasteiger partial charge in [-0.1, -0.05) is 35.7 Å². The van der Waals surface area contributed by atoms with Crippen molar-refractivity contribution in [3.05, 3.63) is 64.7 Å². The lowest BCUT2D eigenvalue weighted by atomic mass is 10.0. The predicted octanol–water partition coefficient (Wildman–Crippen LogP) is 3.53. The summed E-state index contributed by atoms with van der Waals surface area (Å²) in [5.41, 5.74) is 2.11. The molecule has 24 heavy (non-hydrogen) atoms. The molecule has 0 spiro atoms. The predicted molar refractivity (Wildman–Crippen MR) is 95.6 cm³/mol. The molecule has 1 atom stereocenters. The van der Waals surface area contributed by atoms with Gasteiger partial charge in [0, 0.05) is 23.2 Å². The number of amides is 2. The van der Waals surface area contributed by atoms with Crippen LogP contribution in [-0.2, 0) is 9.59 Å². The van der Waals surface area contributed by atoms with Gasteiger partial charge in [0.2, 0.25) is 11.8 Å². The van der Waals surface area contributed by atoms with E-state index in [1.54, 1.807) is 48.5 Å². The van der Waals surface area contributed by atoms with Gasteiger partial charge < -0.3 is 10.6 Å². The normalized spacial score (nSPS) is 11.2. The Labute approximate surface area is 146 Å². The molecule has 4 nitrogen and oxygen atoms in total. The van der Waals surface area contributed by atoms with Crippen LogP contribution < -0.4 is 10.6 Å². The summed E-state index contributed by atoms with van der Waals surface area (Å²) in [6.45, 7) is 1.41. The molecule has 2 N–H and O–H groups in total. The average molecular weight is 341 g/mol. The second-order valence-electron chi connectivity index (χ2n) is 5.28. The first-order chi connectivity index (χ1) is 11.5. The second kappa shape index (κ2) is 8.19. The highest BCUT2D eigenvalue weighted by atomic mass is 35.5. The van der Waals surface area contributed by atoms with Crippen LogP contribution >= 0.6 is 11.6 Å². The Kier molecular flexibility index (Phi) is 6.00. The van der Waals surface area contributed by atoms with Crippen molar-refractivity contribution in [2.45, 2.75) is 19.4 Å². The lowest BCUT2D eigenvalue weighted by Crippen LogP contribution is -2.29. The molecule has 0 aliphatic carbocycles. The van der Waals surface area contributed by atoms with Crippen LogP contribution in [0.25, 0.3) is 0 Å². The number of rotatable bonds is 5. The minimum atomic E-state index is -0.435. The van der Waals surface area contributed by atoms with E-state index in [-0.39, 0.29) is 18.2 Å². The quantitative estimate of drug-likeness (QED) is 0.818. The van der Waals surface area contributed by atoms with Gasteiger partial charge in [0.25, 0.3) is 0 Å². The fourth-order valence-electron chi connectivity index (χ4n) is 2.28. The van der Waals surface area contributed by atoms with Gasteiger partial charge in [0.05, 0.1) is 12.5 Å². The van der Waals surface area contributed by atoms with Crippen LogP contribution in [0.5, 0.6) is 0 Å². The first kappa shape index (κ1) is 17.6. The number of nitrogens with one attached hydrogen (secondary N) is 2. The van der Waals surface area contributed by atoms with E-state index >= 15 is 0 Å². The van der Waals surface area contributed by atoms with Gasteiger partial charge >= 0.3 is 0 Å². The van der Waals surface area contributed by atoms with E-state index in [0.717, 1.165) is 5.56 Å². The molecular weight excluding hydrogens is 324 g/mol. The zero-order valence-electron chi connectivity index (χ0n) is 13.2. The zero-order chi connectivity index (χ0) is 17.5. The van der Waals surface area contributed by atoms with E-state index < -0.39 is 6.04 Å². The summed E-state index contributed by atoms with van der Waals surface area (Å²) in [5, 5.41) is 6.16. The minimum Gasteiger partial charge on any atom is -0.349 e. The second-order valence-corrected chi connectivity index (χ2v) is 5.72. The Morgan fingerprint density at radius 2 is 1.92 bits per heavy atom. The number of hydrogen-bond donors (Lipinski definition) is 2. The van der Waals surface area contributed by atoms with E-state index in [0.29, 0.717) is 16.3 Å². The van der Waals surface area contributed by atoms with Crippen molar-refractivity contribution in [2.75, 3.05) is 5.32 Å². The van der Waals surface area contributed by atoms with E-state index in [1.165, 1.54) is 6.92 Å². The number of anilines is 1. The number of carbonyl (C=O) groups excluding carboxylic acids is 2. The standard InChI is InChI=1S/C19H17ClN2O2/c1-3-14-5-4-6-17(11-14)22-19(24)12-18(21-13(2)23)15-7-9-16(20)10-8-15/h1,4-11,18H,12H2,2H3,(H,21,23)(H,22,24). The van der Waals surface area contributed by atoms with Crippen LogP contribution in [0.15, 0.2) is 48.5 Å². The molecule has 0 heterocycles. The van der Waals surface area contributed by atoms with E-state index in [9.17, 15) is 9.59 Å². The molecular formula is C19H17ClN2O2. The molecule has 122 valence electrons.